The van der Waals surface area contributed by atoms with Gasteiger partial charge in [-0.25, -0.2) is 8.78 Å². The number of pyridine rings is 1. The predicted octanol–water partition coefficient (Wildman–Crippen LogP) is 2.02. The highest BCUT2D eigenvalue weighted by Crippen LogP contribution is 2.26. The average Bonchev–Trinajstić information content (AvgIpc) is 2.21. The number of carbonyl (C=O) groups excluding carboxylic acids is 1. The van der Waals surface area contributed by atoms with Gasteiger partial charge in [-0.1, -0.05) is 0 Å². The molecule has 0 radical (unpaired) electrons. The summed E-state index contributed by atoms with van der Waals surface area (Å²) in [4.78, 5) is 15.0. The van der Waals surface area contributed by atoms with Crippen LogP contribution in [0, 0.1) is 6.92 Å². The molecule has 6 heteroatoms. The Morgan fingerprint density at radius 3 is 2.76 bits per heavy atom. The molecule has 0 fully saturated rings. The highest BCUT2D eigenvalue weighted by Gasteiger charge is 2.20. The second-order valence-corrected chi connectivity index (χ2v) is 3.50. The third kappa shape index (κ3) is 3.37. The van der Waals surface area contributed by atoms with Gasteiger partial charge in [0, 0.05) is 16.9 Å². The van der Waals surface area contributed by atoms with E-state index in [1.165, 1.54) is 6.07 Å². The van der Waals surface area contributed by atoms with Crippen molar-refractivity contribution < 1.29 is 18.3 Å². The molecule has 0 aliphatic rings. The fourth-order valence-corrected chi connectivity index (χ4v) is 1.48. The Hall–Kier alpha value is -1.72. The molecule has 0 atom stereocenters. The van der Waals surface area contributed by atoms with Gasteiger partial charge in [-0.3, -0.25) is 9.78 Å². The van der Waals surface area contributed by atoms with Crippen LogP contribution in [-0.4, -0.2) is 17.6 Å². The summed E-state index contributed by atoms with van der Waals surface area (Å²) in [6.07, 6.45) is -3.05. The number of aryl methyl sites for hydroxylation is 1. The van der Waals surface area contributed by atoms with Gasteiger partial charge in [-0.15, -0.1) is 0 Å². The largest absolute Gasteiger partial charge is 0.466 e. The predicted molar refractivity (Wildman–Crippen MR) is 58.7 cm³/mol. The number of rotatable bonds is 4. The van der Waals surface area contributed by atoms with Gasteiger partial charge in [0.2, 0.25) is 0 Å². The zero-order chi connectivity index (χ0) is 13.0. The molecule has 1 rings (SSSR count). The summed E-state index contributed by atoms with van der Waals surface area (Å²) < 4.78 is 30.2. The Labute approximate surface area is 97.8 Å². The number of hydrogen-bond donors (Lipinski definition) is 1. The molecule has 0 spiro atoms. The average molecular weight is 244 g/mol. The van der Waals surface area contributed by atoms with E-state index in [1.807, 2.05) is 0 Å². The lowest BCUT2D eigenvalue weighted by Crippen LogP contribution is -2.13. The molecule has 1 heterocycles. The van der Waals surface area contributed by atoms with E-state index in [1.54, 1.807) is 13.8 Å². The minimum Gasteiger partial charge on any atom is -0.466 e. The van der Waals surface area contributed by atoms with Crippen molar-refractivity contribution in [3.05, 3.63) is 23.0 Å². The molecule has 0 bridgehead atoms. The number of aromatic nitrogens is 1. The van der Waals surface area contributed by atoms with E-state index in [9.17, 15) is 13.6 Å². The summed E-state index contributed by atoms with van der Waals surface area (Å²) in [5.41, 5.74) is 5.75. The zero-order valence-corrected chi connectivity index (χ0v) is 9.67. The van der Waals surface area contributed by atoms with Crippen molar-refractivity contribution in [3.63, 3.8) is 0 Å². The number of alkyl halides is 2. The maximum absolute atomic E-state index is 12.8. The van der Waals surface area contributed by atoms with E-state index in [0.717, 1.165) is 0 Å². The molecule has 0 aromatic carbocycles. The third-order valence-electron chi connectivity index (χ3n) is 2.15. The van der Waals surface area contributed by atoms with Crippen molar-refractivity contribution in [3.8, 4) is 0 Å². The number of nitrogen functional groups attached to an aromatic ring is 1. The summed E-state index contributed by atoms with van der Waals surface area (Å²) in [5, 5.41) is 0. The van der Waals surface area contributed by atoms with E-state index in [0.29, 0.717) is 5.69 Å². The highest BCUT2D eigenvalue weighted by molar-refractivity contribution is 5.75. The van der Waals surface area contributed by atoms with Crippen LogP contribution in [-0.2, 0) is 16.0 Å². The highest BCUT2D eigenvalue weighted by atomic mass is 19.3. The Morgan fingerprint density at radius 2 is 2.24 bits per heavy atom. The number of esters is 1. The summed E-state index contributed by atoms with van der Waals surface area (Å²) in [7, 11) is 0. The minimum atomic E-state index is -2.76. The Balaban J connectivity index is 3.08. The van der Waals surface area contributed by atoms with Crippen LogP contribution in [0.3, 0.4) is 0 Å². The van der Waals surface area contributed by atoms with Gasteiger partial charge in [0.25, 0.3) is 6.43 Å². The molecule has 17 heavy (non-hydrogen) atoms. The standard InChI is InChI=1S/C11H14F2N2O2/c1-3-17-9(16)5-7-8(14)4-6(2)15-10(7)11(12)13/h4,11H,3,5H2,1-2H3,(H2,14,15). The maximum Gasteiger partial charge on any atom is 0.310 e. The van der Waals surface area contributed by atoms with Crippen molar-refractivity contribution in [2.75, 3.05) is 12.3 Å². The van der Waals surface area contributed by atoms with Gasteiger partial charge < -0.3 is 10.5 Å². The number of nitrogens with two attached hydrogens (primary N) is 1. The third-order valence-corrected chi connectivity index (χ3v) is 2.15. The van der Waals surface area contributed by atoms with Crippen molar-refractivity contribution in [2.45, 2.75) is 26.7 Å². The fourth-order valence-electron chi connectivity index (χ4n) is 1.48. The number of nitrogens with zero attached hydrogens (tertiary/aromatic N) is 1. The van der Waals surface area contributed by atoms with Gasteiger partial charge >= 0.3 is 5.97 Å². The lowest BCUT2D eigenvalue weighted by Gasteiger charge is -2.11. The van der Waals surface area contributed by atoms with E-state index in [4.69, 9.17) is 10.5 Å². The number of anilines is 1. The van der Waals surface area contributed by atoms with Crippen LogP contribution in [0.1, 0.15) is 30.3 Å². The lowest BCUT2D eigenvalue weighted by molar-refractivity contribution is -0.142. The van der Waals surface area contributed by atoms with E-state index >= 15 is 0 Å². The molecule has 1 aromatic heterocycles. The molecule has 0 saturated heterocycles. The quantitative estimate of drug-likeness (QED) is 0.823. The van der Waals surface area contributed by atoms with Crippen molar-refractivity contribution in [1.82, 2.24) is 4.98 Å². The van der Waals surface area contributed by atoms with Gasteiger partial charge in [0.1, 0.15) is 5.69 Å². The summed E-state index contributed by atoms with van der Waals surface area (Å²) in [5.74, 6) is -0.591. The summed E-state index contributed by atoms with van der Waals surface area (Å²) >= 11 is 0. The van der Waals surface area contributed by atoms with Gasteiger partial charge in [-0.2, -0.15) is 0 Å². The smallest absolute Gasteiger partial charge is 0.310 e. The van der Waals surface area contributed by atoms with Crippen molar-refractivity contribution >= 4 is 11.7 Å². The lowest BCUT2D eigenvalue weighted by atomic mass is 10.1. The van der Waals surface area contributed by atoms with E-state index in [2.05, 4.69) is 4.98 Å². The molecule has 1 aromatic rings. The van der Waals surface area contributed by atoms with Crippen molar-refractivity contribution in [2.24, 2.45) is 0 Å². The second kappa shape index (κ2) is 5.56. The number of ether oxygens (including phenoxy) is 1. The monoisotopic (exact) mass is 244 g/mol. The first kappa shape index (κ1) is 13.3. The van der Waals surface area contributed by atoms with Crippen LogP contribution in [0.4, 0.5) is 14.5 Å². The number of halogens is 2. The van der Waals surface area contributed by atoms with Gasteiger partial charge in [0.05, 0.1) is 13.0 Å². The van der Waals surface area contributed by atoms with Gasteiger partial charge in [0.15, 0.2) is 0 Å². The number of carbonyl (C=O) groups is 1. The Bertz CT molecular complexity index is 422. The molecule has 2 N–H and O–H groups in total. The molecular formula is C11H14F2N2O2. The SMILES string of the molecule is CCOC(=O)Cc1c(N)cc(C)nc1C(F)F. The molecule has 0 unspecified atom stereocenters. The zero-order valence-electron chi connectivity index (χ0n) is 9.67. The van der Waals surface area contributed by atoms with Crippen LogP contribution in [0.25, 0.3) is 0 Å². The van der Waals surface area contributed by atoms with Crippen molar-refractivity contribution in [1.29, 1.82) is 0 Å². The van der Waals surface area contributed by atoms with Crippen LogP contribution < -0.4 is 5.73 Å². The topological polar surface area (TPSA) is 65.2 Å². The van der Waals surface area contributed by atoms with Gasteiger partial charge in [-0.05, 0) is 19.9 Å². The Kier molecular flexibility index (Phi) is 4.37. The Morgan fingerprint density at radius 1 is 1.59 bits per heavy atom. The molecule has 94 valence electrons. The number of hydrogen-bond acceptors (Lipinski definition) is 4. The maximum atomic E-state index is 12.8. The van der Waals surface area contributed by atoms with Crippen LogP contribution >= 0.6 is 0 Å². The fraction of sp³-hybridized carbons (Fsp3) is 0.455. The first-order chi connectivity index (χ1) is 7.95. The van der Waals surface area contributed by atoms with E-state index in [-0.39, 0.29) is 24.3 Å². The first-order valence-electron chi connectivity index (χ1n) is 5.15. The molecule has 0 aliphatic heterocycles. The molecule has 4 nitrogen and oxygen atoms in total. The van der Waals surface area contributed by atoms with Crippen LogP contribution in [0.5, 0.6) is 0 Å². The first-order valence-corrected chi connectivity index (χ1v) is 5.15. The molecular weight excluding hydrogens is 230 g/mol. The van der Waals surface area contributed by atoms with E-state index < -0.39 is 18.1 Å². The summed E-state index contributed by atoms with van der Waals surface area (Å²) in [6.45, 7) is 3.40. The normalized spacial score (nSPS) is 10.6. The minimum absolute atomic E-state index is 0.0454. The molecule has 0 aliphatic carbocycles. The second-order valence-electron chi connectivity index (χ2n) is 3.50. The van der Waals surface area contributed by atoms with Crippen LogP contribution in [0.2, 0.25) is 0 Å². The molecule has 0 amide bonds. The molecule has 0 saturated carbocycles. The summed E-state index contributed by atoms with van der Waals surface area (Å²) in [6, 6.07) is 1.46. The van der Waals surface area contributed by atoms with Crippen LogP contribution in [0.15, 0.2) is 6.07 Å².